The van der Waals surface area contributed by atoms with Gasteiger partial charge in [0.15, 0.2) is 6.29 Å². The van der Waals surface area contributed by atoms with Crippen molar-refractivity contribution in [3.63, 3.8) is 0 Å². The lowest BCUT2D eigenvalue weighted by molar-refractivity contribution is -0.268. The molecule has 1 aliphatic rings. The first-order valence-corrected chi connectivity index (χ1v) is 19.5. The van der Waals surface area contributed by atoms with E-state index in [-0.39, 0.29) is 37.2 Å². The van der Waals surface area contributed by atoms with Crippen LogP contribution >= 0.6 is 11.8 Å². The molecule has 290 valence electrons. The third-order valence-corrected chi connectivity index (χ3v) is 10.8. The van der Waals surface area contributed by atoms with Gasteiger partial charge < -0.3 is 35.3 Å². The average molecular weight is 774 g/mol. The van der Waals surface area contributed by atoms with E-state index < -0.39 is 24.3 Å². The Bertz CT molecular complexity index is 2060. The molecule has 0 radical (unpaired) electrons. The average Bonchev–Trinajstić information content (AvgIpc) is 3.23. The number of anilines is 1. The number of urea groups is 1. The summed E-state index contributed by atoms with van der Waals surface area (Å²) in [5.41, 5.74) is 7.27. The summed E-state index contributed by atoms with van der Waals surface area (Å²) in [4.78, 5) is 37.8. The fourth-order valence-corrected chi connectivity index (χ4v) is 7.66. The number of carbonyl (C=O) groups excluding carboxylic acids is 3. The summed E-state index contributed by atoms with van der Waals surface area (Å²) in [6, 6.07) is 39.9. The second-order valence-electron chi connectivity index (χ2n) is 13.8. The summed E-state index contributed by atoms with van der Waals surface area (Å²) in [5.74, 6) is 0.104. The number of hydrogen-bond acceptors (Lipinski definition) is 8. The topological polar surface area (TPSA) is 135 Å². The molecule has 1 aliphatic heterocycles. The van der Waals surface area contributed by atoms with Gasteiger partial charge in [0.2, 0.25) is 5.91 Å². The molecule has 0 aromatic heterocycles. The Kier molecular flexibility index (Phi) is 13.9. The Morgan fingerprint density at radius 2 is 1.48 bits per heavy atom. The van der Waals surface area contributed by atoms with E-state index >= 15 is 0 Å². The van der Waals surface area contributed by atoms with Crippen molar-refractivity contribution in [3.05, 3.63) is 155 Å². The third-order valence-electron chi connectivity index (χ3n) is 9.68. The first kappa shape index (κ1) is 40.2. The van der Waals surface area contributed by atoms with E-state index in [0.717, 1.165) is 49.5 Å². The van der Waals surface area contributed by atoms with Crippen LogP contribution in [0.25, 0.3) is 11.1 Å². The Hall–Kier alpha value is -5.46. The summed E-state index contributed by atoms with van der Waals surface area (Å²) in [7, 11) is 1.31. The van der Waals surface area contributed by atoms with Gasteiger partial charge in [-0.3, -0.25) is 4.79 Å². The first-order chi connectivity index (χ1) is 27.2. The third kappa shape index (κ3) is 10.9. The molecule has 6 rings (SSSR count). The summed E-state index contributed by atoms with van der Waals surface area (Å²) in [6.45, 7) is 3.87. The standard InChI is InChI=1S/C45H47N3O7S/c1-29-41(28-56-39-22-20-38(21-23-39)47-30(2)50)54-44(55-42(29)35-14-12-32(27-49)13-15-35)36-18-16-34(17-19-36)37-11-7-10-33(24-37)26-46-45(52)48-40(43(51)53-3)25-31-8-5-4-6-9-31/h4-24,29,40-42,44,49H,25-28H2,1-3H3,(H,47,50)(H2,46,48,52)/t29-,40-,41+,42+,44+/m0/s1. The SMILES string of the molecule is COC(=O)[C@H](Cc1ccccc1)NC(=O)NCc1cccc(-c2ccc([C@@H]3O[C@H](CSc4ccc(NC(C)=O)cc4)[C@H](C)[C@H](c4ccc(CO)cc4)O3)cc2)c1. The van der Waals surface area contributed by atoms with Gasteiger partial charge in [-0.2, -0.15) is 0 Å². The second-order valence-corrected chi connectivity index (χ2v) is 14.8. The molecule has 0 saturated carbocycles. The molecule has 5 aromatic carbocycles. The van der Waals surface area contributed by atoms with Crippen molar-refractivity contribution in [2.24, 2.45) is 5.92 Å². The number of amides is 3. The van der Waals surface area contributed by atoms with Gasteiger partial charge >= 0.3 is 12.0 Å². The van der Waals surface area contributed by atoms with Crippen molar-refractivity contribution in [3.8, 4) is 11.1 Å². The Morgan fingerprint density at radius 3 is 2.16 bits per heavy atom. The molecular weight excluding hydrogens is 727 g/mol. The molecule has 0 aliphatic carbocycles. The molecule has 1 fully saturated rings. The zero-order valence-corrected chi connectivity index (χ0v) is 32.5. The maximum absolute atomic E-state index is 12.8. The minimum atomic E-state index is -0.821. The summed E-state index contributed by atoms with van der Waals surface area (Å²) in [5, 5.41) is 18.0. The molecule has 5 aromatic rings. The van der Waals surface area contributed by atoms with Gasteiger partial charge in [-0.15, -0.1) is 11.8 Å². The van der Waals surface area contributed by atoms with Crippen molar-refractivity contribution in [1.29, 1.82) is 0 Å². The molecule has 56 heavy (non-hydrogen) atoms. The number of rotatable bonds is 14. The number of hydrogen-bond donors (Lipinski definition) is 4. The van der Waals surface area contributed by atoms with E-state index in [1.807, 2.05) is 127 Å². The number of carbonyl (C=O) groups is 3. The molecule has 4 N–H and O–H groups in total. The van der Waals surface area contributed by atoms with Gasteiger partial charge in [0.05, 0.1) is 25.9 Å². The summed E-state index contributed by atoms with van der Waals surface area (Å²) in [6.07, 6.45) is -0.674. The van der Waals surface area contributed by atoms with E-state index in [4.69, 9.17) is 14.2 Å². The minimum absolute atomic E-state index is 0.0269. The monoisotopic (exact) mass is 773 g/mol. The number of aliphatic hydroxyl groups is 1. The molecule has 3 amide bonds. The molecule has 0 spiro atoms. The van der Waals surface area contributed by atoms with Crippen LogP contribution in [-0.2, 0) is 43.4 Å². The number of aliphatic hydroxyl groups excluding tert-OH is 1. The highest BCUT2D eigenvalue weighted by atomic mass is 32.2. The molecule has 11 heteroatoms. The number of methoxy groups -OCH3 is 1. The quantitative estimate of drug-likeness (QED) is 0.0660. The van der Waals surface area contributed by atoms with Crippen LogP contribution in [-0.4, -0.2) is 48.0 Å². The van der Waals surface area contributed by atoms with Gasteiger partial charge in [-0.05, 0) is 63.7 Å². The minimum Gasteiger partial charge on any atom is -0.467 e. The summed E-state index contributed by atoms with van der Waals surface area (Å²) < 4.78 is 18.3. The maximum Gasteiger partial charge on any atom is 0.328 e. The molecule has 1 heterocycles. The van der Waals surface area contributed by atoms with Crippen LogP contribution in [0.15, 0.2) is 132 Å². The lowest BCUT2D eigenvalue weighted by Gasteiger charge is -2.41. The number of esters is 1. The number of thioether (sulfide) groups is 1. The molecule has 0 unspecified atom stereocenters. The number of ether oxygens (including phenoxy) is 3. The fourth-order valence-electron chi connectivity index (χ4n) is 6.60. The molecule has 10 nitrogen and oxygen atoms in total. The highest BCUT2D eigenvalue weighted by Crippen LogP contribution is 2.43. The molecular formula is C45H47N3O7S. The van der Waals surface area contributed by atoms with Crippen LogP contribution in [0, 0.1) is 5.92 Å². The van der Waals surface area contributed by atoms with E-state index in [0.29, 0.717) is 12.2 Å². The number of benzene rings is 5. The van der Waals surface area contributed by atoms with Crippen molar-refractivity contribution < 1.29 is 33.7 Å². The molecule has 5 atom stereocenters. The second kappa shape index (κ2) is 19.4. The molecule has 0 bridgehead atoms. The van der Waals surface area contributed by atoms with Crippen molar-refractivity contribution in [1.82, 2.24) is 10.6 Å². The van der Waals surface area contributed by atoms with Gasteiger partial charge in [-0.1, -0.05) is 104 Å². The van der Waals surface area contributed by atoms with Crippen LogP contribution in [0.1, 0.15) is 54.1 Å². The highest BCUT2D eigenvalue weighted by Gasteiger charge is 2.38. The van der Waals surface area contributed by atoms with E-state index in [9.17, 15) is 19.5 Å². The lowest BCUT2D eigenvalue weighted by atomic mass is 9.91. The Labute approximate surface area is 332 Å². The summed E-state index contributed by atoms with van der Waals surface area (Å²) >= 11 is 1.69. The maximum atomic E-state index is 12.8. The van der Waals surface area contributed by atoms with E-state index in [1.54, 1.807) is 11.8 Å². The largest absolute Gasteiger partial charge is 0.467 e. The van der Waals surface area contributed by atoms with Crippen LogP contribution < -0.4 is 16.0 Å². The lowest BCUT2D eigenvalue weighted by Crippen LogP contribution is -2.47. The number of nitrogens with one attached hydrogen (secondary N) is 3. The Morgan fingerprint density at radius 1 is 0.786 bits per heavy atom. The molecule has 1 saturated heterocycles. The van der Waals surface area contributed by atoms with Gasteiger partial charge in [0.25, 0.3) is 0 Å². The zero-order valence-electron chi connectivity index (χ0n) is 31.6. The van der Waals surface area contributed by atoms with Gasteiger partial charge in [-0.25, -0.2) is 9.59 Å². The predicted molar refractivity (Wildman–Crippen MR) is 218 cm³/mol. The zero-order chi connectivity index (χ0) is 39.4. The van der Waals surface area contributed by atoms with Crippen LogP contribution in [0.4, 0.5) is 10.5 Å². The van der Waals surface area contributed by atoms with Crippen molar-refractivity contribution in [2.75, 3.05) is 18.2 Å². The fraction of sp³-hybridized carbons (Fsp3) is 0.267. The predicted octanol–water partition coefficient (Wildman–Crippen LogP) is 7.97. The van der Waals surface area contributed by atoms with E-state index in [2.05, 4.69) is 22.9 Å². The highest BCUT2D eigenvalue weighted by molar-refractivity contribution is 7.99. The van der Waals surface area contributed by atoms with Gasteiger partial charge in [0.1, 0.15) is 6.04 Å². The van der Waals surface area contributed by atoms with Crippen molar-refractivity contribution >= 4 is 35.4 Å². The van der Waals surface area contributed by atoms with Crippen molar-refractivity contribution in [2.45, 2.75) is 62.9 Å². The smallest absolute Gasteiger partial charge is 0.328 e. The normalized spacial score (nSPS) is 18.4. The van der Waals surface area contributed by atoms with Crippen LogP contribution in [0.3, 0.4) is 0 Å². The van der Waals surface area contributed by atoms with Gasteiger partial charge in [0, 0.05) is 47.7 Å². The van der Waals surface area contributed by atoms with E-state index in [1.165, 1.54) is 14.0 Å². The first-order valence-electron chi connectivity index (χ1n) is 18.6. The van der Waals surface area contributed by atoms with Crippen LogP contribution in [0.2, 0.25) is 0 Å². The van der Waals surface area contributed by atoms with Crippen LogP contribution in [0.5, 0.6) is 0 Å². The Balaban J connectivity index is 1.12.